The molecule has 0 amide bonds. The first kappa shape index (κ1) is 14.8. The summed E-state index contributed by atoms with van der Waals surface area (Å²) in [4.78, 5) is 0. The standard InChI is InChI=1S/C14H23NO3/c1-7-8(2)11(16)12(17)9(3)10(7)14(6,18)13(4,5)15/h16-18H,15H2,1-6H3. The second-order valence-corrected chi connectivity index (χ2v) is 5.74. The fraction of sp³-hybridized carbons (Fsp3) is 0.571. The van der Waals surface area contributed by atoms with Crippen molar-refractivity contribution < 1.29 is 15.3 Å². The number of aromatic hydroxyl groups is 2. The van der Waals surface area contributed by atoms with Gasteiger partial charge in [-0.3, -0.25) is 0 Å². The summed E-state index contributed by atoms with van der Waals surface area (Å²) in [6, 6.07) is 0. The van der Waals surface area contributed by atoms with Crippen LogP contribution in [0, 0.1) is 20.8 Å². The first-order valence-corrected chi connectivity index (χ1v) is 5.96. The summed E-state index contributed by atoms with van der Waals surface area (Å²) in [6.45, 7) is 10.2. The number of hydrogen-bond acceptors (Lipinski definition) is 4. The summed E-state index contributed by atoms with van der Waals surface area (Å²) in [7, 11) is 0. The predicted molar refractivity (Wildman–Crippen MR) is 71.8 cm³/mol. The lowest BCUT2D eigenvalue weighted by molar-refractivity contribution is -0.0101. The minimum absolute atomic E-state index is 0.139. The van der Waals surface area contributed by atoms with Crippen molar-refractivity contribution in [2.75, 3.05) is 0 Å². The number of aliphatic hydroxyl groups is 1. The molecule has 0 aliphatic rings. The van der Waals surface area contributed by atoms with E-state index < -0.39 is 11.1 Å². The molecule has 4 heteroatoms. The van der Waals surface area contributed by atoms with E-state index in [4.69, 9.17) is 5.73 Å². The van der Waals surface area contributed by atoms with Gasteiger partial charge in [0.25, 0.3) is 0 Å². The van der Waals surface area contributed by atoms with Crippen molar-refractivity contribution in [2.24, 2.45) is 5.73 Å². The molecule has 0 aliphatic heterocycles. The number of phenols is 2. The zero-order valence-electron chi connectivity index (χ0n) is 11.9. The molecule has 0 heterocycles. The van der Waals surface area contributed by atoms with Gasteiger partial charge in [-0.25, -0.2) is 0 Å². The average molecular weight is 253 g/mol. The van der Waals surface area contributed by atoms with Gasteiger partial charge in [0, 0.05) is 11.1 Å². The zero-order valence-corrected chi connectivity index (χ0v) is 11.9. The molecule has 4 nitrogen and oxygen atoms in total. The highest BCUT2D eigenvalue weighted by atomic mass is 16.3. The maximum Gasteiger partial charge on any atom is 0.161 e. The van der Waals surface area contributed by atoms with E-state index in [0.29, 0.717) is 16.7 Å². The van der Waals surface area contributed by atoms with Gasteiger partial charge < -0.3 is 21.1 Å². The molecule has 18 heavy (non-hydrogen) atoms. The highest BCUT2D eigenvalue weighted by Gasteiger charge is 2.41. The van der Waals surface area contributed by atoms with Gasteiger partial charge in [0.2, 0.25) is 0 Å². The maximum absolute atomic E-state index is 10.7. The van der Waals surface area contributed by atoms with Crippen LogP contribution in [0.15, 0.2) is 0 Å². The molecule has 1 aromatic carbocycles. The van der Waals surface area contributed by atoms with Crippen molar-refractivity contribution in [1.82, 2.24) is 0 Å². The molecule has 1 unspecified atom stereocenters. The van der Waals surface area contributed by atoms with Crippen molar-refractivity contribution >= 4 is 0 Å². The summed E-state index contributed by atoms with van der Waals surface area (Å²) in [5, 5.41) is 30.4. The second kappa shape index (κ2) is 4.14. The van der Waals surface area contributed by atoms with Gasteiger partial charge in [-0.2, -0.15) is 0 Å². The lowest BCUT2D eigenvalue weighted by Gasteiger charge is -2.39. The molecule has 0 saturated heterocycles. The third-order valence-corrected chi connectivity index (χ3v) is 3.99. The SMILES string of the molecule is Cc1c(C)c(C(C)(O)C(C)(C)N)c(C)c(O)c1O. The Bertz CT molecular complexity index is 456. The minimum atomic E-state index is -1.31. The maximum atomic E-state index is 10.7. The Hall–Kier alpha value is -1.26. The van der Waals surface area contributed by atoms with Crippen LogP contribution in [-0.4, -0.2) is 20.9 Å². The van der Waals surface area contributed by atoms with Crippen molar-refractivity contribution in [3.05, 3.63) is 22.3 Å². The number of rotatable bonds is 2. The summed E-state index contributed by atoms with van der Waals surface area (Å²) in [5.74, 6) is -0.336. The van der Waals surface area contributed by atoms with Crippen molar-refractivity contribution in [1.29, 1.82) is 0 Å². The quantitative estimate of drug-likeness (QED) is 0.607. The largest absolute Gasteiger partial charge is 0.504 e. The molecule has 0 fully saturated rings. The molecule has 1 aromatic rings. The fourth-order valence-electron chi connectivity index (χ4n) is 2.17. The topological polar surface area (TPSA) is 86.7 Å². The molecule has 0 aromatic heterocycles. The monoisotopic (exact) mass is 253 g/mol. The van der Waals surface area contributed by atoms with Crippen LogP contribution < -0.4 is 5.73 Å². The van der Waals surface area contributed by atoms with Crippen LogP contribution in [0.2, 0.25) is 0 Å². The van der Waals surface area contributed by atoms with E-state index in [1.807, 2.05) is 0 Å². The highest BCUT2D eigenvalue weighted by molar-refractivity contribution is 5.59. The van der Waals surface area contributed by atoms with Crippen LogP contribution in [0.25, 0.3) is 0 Å². The van der Waals surface area contributed by atoms with E-state index in [1.165, 1.54) is 0 Å². The van der Waals surface area contributed by atoms with Crippen molar-refractivity contribution in [2.45, 2.75) is 52.7 Å². The Morgan fingerprint density at radius 3 is 1.61 bits per heavy atom. The molecule has 5 N–H and O–H groups in total. The van der Waals surface area contributed by atoms with Crippen molar-refractivity contribution in [3.8, 4) is 11.5 Å². The number of phenolic OH excluding ortho intramolecular Hbond substituents is 2. The third kappa shape index (κ3) is 1.95. The molecule has 0 saturated carbocycles. The van der Waals surface area contributed by atoms with E-state index >= 15 is 0 Å². The summed E-state index contributed by atoms with van der Waals surface area (Å²) < 4.78 is 0. The minimum Gasteiger partial charge on any atom is -0.504 e. The van der Waals surface area contributed by atoms with Crippen molar-refractivity contribution in [3.63, 3.8) is 0 Å². The molecule has 0 radical (unpaired) electrons. The fourth-order valence-corrected chi connectivity index (χ4v) is 2.17. The first-order chi connectivity index (χ1) is 7.93. The molecule has 0 aliphatic carbocycles. The predicted octanol–water partition coefficient (Wildman–Crippen LogP) is 1.97. The Kier molecular flexibility index (Phi) is 3.40. The molecular weight excluding hydrogens is 230 g/mol. The third-order valence-electron chi connectivity index (χ3n) is 3.99. The van der Waals surface area contributed by atoms with Gasteiger partial charge in [-0.05, 0) is 58.2 Å². The van der Waals surface area contributed by atoms with Crippen LogP contribution in [-0.2, 0) is 5.60 Å². The molecule has 1 rings (SSSR count). The van der Waals surface area contributed by atoms with Gasteiger partial charge in [0.1, 0.15) is 5.60 Å². The van der Waals surface area contributed by atoms with Gasteiger partial charge in [-0.15, -0.1) is 0 Å². The molecule has 102 valence electrons. The van der Waals surface area contributed by atoms with Gasteiger partial charge in [-0.1, -0.05) is 0 Å². The Morgan fingerprint density at radius 1 is 0.833 bits per heavy atom. The Morgan fingerprint density at radius 2 is 1.22 bits per heavy atom. The van der Waals surface area contributed by atoms with Crippen LogP contribution >= 0.6 is 0 Å². The van der Waals surface area contributed by atoms with Crippen LogP contribution in [0.1, 0.15) is 43.0 Å². The smallest absolute Gasteiger partial charge is 0.161 e. The summed E-state index contributed by atoms with van der Waals surface area (Å²) >= 11 is 0. The average Bonchev–Trinajstić information content (AvgIpc) is 2.22. The van der Waals surface area contributed by atoms with E-state index in [0.717, 1.165) is 5.56 Å². The van der Waals surface area contributed by atoms with E-state index in [9.17, 15) is 15.3 Å². The van der Waals surface area contributed by atoms with Crippen LogP contribution in [0.3, 0.4) is 0 Å². The molecule has 1 atom stereocenters. The second-order valence-electron chi connectivity index (χ2n) is 5.74. The number of hydrogen-bond donors (Lipinski definition) is 4. The Labute approximate surface area is 108 Å². The lowest BCUT2D eigenvalue weighted by Crippen LogP contribution is -2.52. The zero-order chi connectivity index (χ0) is 14.5. The molecule has 0 spiro atoms. The normalized spacial score (nSPS) is 15.6. The van der Waals surface area contributed by atoms with Crippen LogP contribution in [0.5, 0.6) is 11.5 Å². The lowest BCUT2D eigenvalue weighted by atomic mass is 9.75. The molecule has 0 bridgehead atoms. The van der Waals surface area contributed by atoms with E-state index in [-0.39, 0.29) is 11.5 Å². The Balaban J connectivity index is 3.72. The number of nitrogens with two attached hydrogens (primary N) is 1. The van der Waals surface area contributed by atoms with Gasteiger partial charge in [0.15, 0.2) is 11.5 Å². The highest BCUT2D eigenvalue weighted by Crippen LogP contribution is 2.44. The van der Waals surface area contributed by atoms with Gasteiger partial charge in [0.05, 0.1) is 0 Å². The van der Waals surface area contributed by atoms with E-state index in [2.05, 4.69) is 0 Å². The van der Waals surface area contributed by atoms with Gasteiger partial charge >= 0.3 is 0 Å². The van der Waals surface area contributed by atoms with Crippen LogP contribution in [0.4, 0.5) is 0 Å². The first-order valence-electron chi connectivity index (χ1n) is 5.96. The summed E-state index contributed by atoms with van der Waals surface area (Å²) in [5.41, 5.74) is 6.17. The van der Waals surface area contributed by atoms with E-state index in [1.54, 1.807) is 41.5 Å². The number of benzene rings is 1. The summed E-state index contributed by atoms with van der Waals surface area (Å²) in [6.07, 6.45) is 0. The molecular formula is C14H23NO3.